The number of carbonyl (C=O) groups excluding carboxylic acids is 1. The summed E-state index contributed by atoms with van der Waals surface area (Å²) in [6.07, 6.45) is 1.35. The fourth-order valence-electron chi connectivity index (χ4n) is 2.92. The summed E-state index contributed by atoms with van der Waals surface area (Å²) < 4.78 is 13.3. The molecule has 0 unspecified atom stereocenters. The van der Waals surface area contributed by atoms with Crippen molar-refractivity contribution < 1.29 is 9.18 Å². The van der Waals surface area contributed by atoms with E-state index in [1.165, 1.54) is 0 Å². The highest BCUT2D eigenvalue weighted by molar-refractivity contribution is 6.03. The van der Waals surface area contributed by atoms with Gasteiger partial charge in [0.05, 0.1) is 0 Å². The maximum atomic E-state index is 13.3. The second-order valence-corrected chi connectivity index (χ2v) is 5.16. The molecule has 2 bridgehead atoms. The van der Waals surface area contributed by atoms with Gasteiger partial charge in [-0.05, 0) is 26.2 Å². The summed E-state index contributed by atoms with van der Waals surface area (Å²) in [5.41, 5.74) is 0.568. The molecule has 0 atom stereocenters. The van der Waals surface area contributed by atoms with Crippen LogP contribution >= 0.6 is 0 Å². The van der Waals surface area contributed by atoms with Gasteiger partial charge in [0, 0.05) is 11.0 Å². The number of ketones is 1. The van der Waals surface area contributed by atoms with Crippen molar-refractivity contribution in [3.05, 3.63) is 35.4 Å². The van der Waals surface area contributed by atoms with Gasteiger partial charge in [0.1, 0.15) is 5.67 Å². The lowest BCUT2D eigenvalue weighted by molar-refractivity contribution is -0.180. The summed E-state index contributed by atoms with van der Waals surface area (Å²) in [5.74, 6) is 0.141. The predicted octanol–water partition coefficient (Wildman–Crippen LogP) is 3.07. The maximum absolute atomic E-state index is 13.3. The number of alkyl halides is 1. The second kappa shape index (κ2) is 2.49. The molecular formula is C13H13FO. The fourth-order valence-corrected chi connectivity index (χ4v) is 2.92. The largest absolute Gasteiger partial charge is 0.294 e. The summed E-state index contributed by atoms with van der Waals surface area (Å²) in [4.78, 5) is 12.1. The van der Waals surface area contributed by atoms with Crippen LogP contribution in [0.15, 0.2) is 24.3 Å². The lowest BCUT2D eigenvalue weighted by Crippen LogP contribution is -2.67. The predicted molar refractivity (Wildman–Crippen MR) is 55.6 cm³/mol. The van der Waals surface area contributed by atoms with E-state index in [4.69, 9.17) is 0 Å². The van der Waals surface area contributed by atoms with Crippen LogP contribution in [-0.2, 0) is 0 Å². The summed E-state index contributed by atoms with van der Waals surface area (Å²) >= 11 is 0. The Hall–Kier alpha value is -1.18. The number of halogens is 1. The van der Waals surface area contributed by atoms with Crippen molar-refractivity contribution in [1.82, 2.24) is 0 Å². The van der Waals surface area contributed by atoms with Crippen molar-refractivity contribution in [2.24, 2.45) is 5.41 Å². The van der Waals surface area contributed by atoms with Crippen LogP contribution in [0, 0.1) is 12.3 Å². The highest BCUT2D eigenvalue weighted by Crippen LogP contribution is 2.70. The summed E-state index contributed by atoms with van der Waals surface area (Å²) in [7, 11) is 0. The summed E-state index contributed by atoms with van der Waals surface area (Å²) in [6.45, 7) is 1.99. The molecule has 4 rings (SSSR count). The van der Waals surface area contributed by atoms with Crippen molar-refractivity contribution in [3.8, 4) is 0 Å². The van der Waals surface area contributed by atoms with Crippen molar-refractivity contribution in [2.45, 2.75) is 31.9 Å². The minimum atomic E-state index is -0.986. The van der Waals surface area contributed by atoms with Gasteiger partial charge in [-0.3, -0.25) is 4.79 Å². The van der Waals surface area contributed by atoms with Crippen LogP contribution < -0.4 is 0 Å². The van der Waals surface area contributed by atoms with Crippen molar-refractivity contribution in [1.29, 1.82) is 0 Å². The van der Waals surface area contributed by atoms with Gasteiger partial charge in [-0.2, -0.15) is 0 Å². The Bertz CT molecular complexity index is 413. The Balaban J connectivity index is 1.84. The van der Waals surface area contributed by atoms with Crippen LogP contribution in [0.4, 0.5) is 4.39 Å². The first-order valence-electron chi connectivity index (χ1n) is 5.34. The lowest BCUT2D eigenvalue weighted by Gasteiger charge is -2.64. The molecule has 0 aromatic heterocycles. The van der Waals surface area contributed by atoms with Crippen molar-refractivity contribution >= 4 is 5.78 Å². The molecule has 3 aliphatic carbocycles. The highest BCUT2D eigenvalue weighted by atomic mass is 19.1. The number of aryl methyl sites for hydroxylation is 1. The quantitative estimate of drug-likeness (QED) is 0.676. The minimum absolute atomic E-state index is 0.141. The van der Waals surface area contributed by atoms with Gasteiger partial charge in [0.2, 0.25) is 0 Å². The first kappa shape index (κ1) is 9.08. The third-order valence-electron chi connectivity index (χ3n) is 3.76. The molecule has 3 aliphatic rings. The van der Waals surface area contributed by atoms with E-state index < -0.39 is 5.67 Å². The smallest absolute Gasteiger partial charge is 0.169 e. The zero-order valence-electron chi connectivity index (χ0n) is 8.72. The molecule has 15 heavy (non-hydrogen) atoms. The van der Waals surface area contributed by atoms with E-state index >= 15 is 0 Å². The molecular weight excluding hydrogens is 191 g/mol. The molecule has 0 spiro atoms. The molecule has 1 aromatic rings. The first-order chi connectivity index (χ1) is 7.03. The number of Topliss-reactive ketones (excluding diaryl/α,β-unsaturated/α-hetero) is 1. The Morgan fingerprint density at radius 3 is 2.20 bits per heavy atom. The van der Waals surface area contributed by atoms with E-state index in [2.05, 4.69) is 0 Å². The van der Waals surface area contributed by atoms with Crippen LogP contribution in [0.3, 0.4) is 0 Å². The van der Waals surface area contributed by atoms with Crippen molar-refractivity contribution in [3.63, 3.8) is 0 Å². The van der Waals surface area contributed by atoms with Crippen LogP contribution in [0.5, 0.6) is 0 Å². The van der Waals surface area contributed by atoms with E-state index in [1.807, 2.05) is 31.2 Å². The number of rotatable bonds is 2. The van der Waals surface area contributed by atoms with Crippen molar-refractivity contribution in [2.75, 3.05) is 0 Å². The van der Waals surface area contributed by atoms with Crippen LogP contribution in [0.25, 0.3) is 0 Å². The van der Waals surface area contributed by atoms with Gasteiger partial charge in [-0.15, -0.1) is 0 Å². The molecule has 1 nitrogen and oxygen atoms in total. The van der Waals surface area contributed by atoms with Gasteiger partial charge >= 0.3 is 0 Å². The molecule has 0 N–H and O–H groups in total. The Kier molecular flexibility index (Phi) is 1.51. The van der Waals surface area contributed by atoms with E-state index in [0.29, 0.717) is 19.3 Å². The van der Waals surface area contributed by atoms with Gasteiger partial charge in [-0.25, -0.2) is 4.39 Å². The minimum Gasteiger partial charge on any atom is -0.294 e. The molecule has 0 amide bonds. The Morgan fingerprint density at radius 1 is 1.20 bits per heavy atom. The molecule has 0 heterocycles. The molecule has 0 saturated heterocycles. The number of hydrogen-bond acceptors (Lipinski definition) is 1. The molecule has 78 valence electrons. The number of benzene rings is 1. The van der Waals surface area contributed by atoms with Gasteiger partial charge in [0.25, 0.3) is 0 Å². The SMILES string of the molecule is Cc1ccc(C(=O)C23CC(F)(C2)C3)cc1. The zero-order chi connectivity index (χ0) is 10.7. The summed E-state index contributed by atoms with van der Waals surface area (Å²) in [6, 6.07) is 7.57. The number of carbonyl (C=O) groups is 1. The van der Waals surface area contributed by atoms with Gasteiger partial charge in [-0.1, -0.05) is 29.8 Å². The highest BCUT2D eigenvalue weighted by Gasteiger charge is 2.72. The van der Waals surface area contributed by atoms with Crippen LogP contribution in [0.2, 0.25) is 0 Å². The van der Waals surface area contributed by atoms with E-state index in [9.17, 15) is 9.18 Å². The van der Waals surface area contributed by atoms with E-state index in [1.54, 1.807) is 0 Å². The van der Waals surface area contributed by atoms with E-state index in [-0.39, 0.29) is 11.2 Å². The first-order valence-corrected chi connectivity index (χ1v) is 5.34. The normalized spacial score (nSPS) is 36.7. The van der Waals surface area contributed by atoms with Gasteiger partial charge < -0.3 is 0 Å². The summed E-state index contributed by atoms with van der Waals surface area (Å²) in [5, 5.41) is 0. The monoisotopic (exact) mass is 204 g/mol. The second-order valence-electron chi connectivity index (χ2n) is 5.16. The van der Waals surface area contributed by atoms with E-state index in [0.717, 1.165) is 11.1 Å². The molecule has 1 aromatic carbocycles. The molecule has 0 radical (unpaired) electrons. The Labute approximate surface area is 88.3 Å². The average molecular weight is 204 g/mol. The standard InChI is InChI=1S/C13H13FO/c1-9-2-4-10(5-3-9)11(15)12-6-13(14,7-12)8-12/h2-5H,6-8H2,1H3. The number of hydrogen-bond donors (Lipinski definition) is 0. The fraction of sp³-hybridized carbons (Fsp3) is 0.462. The Morgan fingerprint density at radius 2 is 1.73 bits per heavy atom. The maximum Gasteiger partial charge on any atom is 0.169 e. The van der Waals surface area contributed by atoms with Crippen LogP contribution in [-0.4, -0.2) is 11.5 Å². The topological polar surface area (TPSA) is 17.1 Å². The van der Waals surface area contributed by atoms with Gasteiger partial charge in [0.15, 0.2) is 5.78 Å². The third kappa shape index (κ3) is 1.11. The molecule has 3 saturated carbocycles. The molecule has 0 aliphatic heterocycles. The molecule has 3 fully saturated rings. The van der Waals surface area contributed by atoms with Crippen LogP contribution in [0.1, 0.15) is 35.2 Å². The third-order valence-corrected chi connectivity index (χ3v) is 3.76. The zero-order valence-corrected chi connectivity index (χ0v) is 8.72. The lowest BCUT2D eigenvalue weighted by atomic mass is 9.40. The molecule has 2 heteroatoms. The average Bonchev–Trinajstić information content (AvgIpc) is 2.12.